The number of sulfonamides is 1. The Labute approximate surface area is 257 Å². The van der Waals surface area contributed by atoms with E-state index in [1.54, 1.807) is 12.3 Å². The van der Waals surface area contributed by atoms with Crippen LogP contribution in [0.1, 0.15) is 36.5 Å². The lowest BCUT2D eigenvalue weighted by atomic mass is 10.0. The van der Waals surface area contributed by atoms with Crippen LogP contribution in [-0.2, 0) is 16.4 Å². The number of aliphatic hydroxyl groups is 2. The van der Waals surface area contributed by atoms with Crippen molar-refractivity contribution in [2.75, 3.05) is 36.3 Å². The first-order valence-corrected chi connectivity index (χ1v) is 16.0. The van der Waals surface area contributed by atoms with Gasteiger partial charge in [0.2, 0.25) is 5.95 Å². The lowest BCUT2D eigenvalue weighted by Crippen LogP contribution is -2.40. The summed E-state index contributed by atoms with van der Waals surface area (Å²) >= 11 is 6.05. The summed E-state index contributed by atoms with van der Waals surface area (Å²) < 4.78 is 59.8. The van der Waals surface area contributed by atoms with E-state index < -0.39 is 49.7 Å². The predicted octanol–water partition coefficient (Wildman–Crippen LogP) is 4.58. The zero-order valence-corrected chi connectivity index (χ0v) is 25.0. The maximum Gasteiger partial charge on any atom is 0.266 e. The molecule has 0 saturated carbocycles. The van der Waals surface area contributed by atoms with E-state index in [-0.39, 0.29) is 47.2 Å². The molecule has 1 fully saturated rings. The number of phenolic OH excluding ortho intramolecular Hbond substituents is 1. The highest BCUT2D eigenvalue weighted by Gasteiger charge is 2.34. The van der Waals surface area contributed by atoms with Crippen LogP contribution >= 0.6 is 11.6 Å². The Morgan fingerprint density at radius 3 is 2.61 bits per heavy atom. The third-order valence-electron chi connectivity index (χ3n) is 8.18. The highest BCUT2D eigenvalue weighted by Crippen LogP contribution is 2.44. The standard InChI is InChI=1S/C30H30ClF2N5O5S/c31-21-14-20-19(2-6-25(20)40)29(28(21)41)44(42,43)37-24-5-3-22(32)26(27(24)33)16-1-4-23-17(13-16)15-34-30(36-23)35-18-7-9-38(10-8-18)11-12-39/h1,3-5,13-15,18,25,37,39-41H,2,6-12H2,(H,34,35,36). The van der Waals surface area contributed by atoms with Crippen LogP contribution in [0.3, 0.4) is 0 Å². The van der Waals surface area contributed by atoms with Crippen LogP contribution < -0.4 is 10.0 Å². The van der Waals surface area contributed by atoms with E-state index in [0.29, 0.717) is 23.4 Å². The van der Waals surface area contributed by atoms with E-state index in [1.165, 1.54) is 18.2 Å². The van der Waals surface area contributed by atoms with Crippen molar-refractivity contribution in [1.82, 2.24) is 14.9 Å². The monoisotopic (exact) mass is 645 g/mol. The van der Waals surface area contributed by atoms with Gasteiger partial charge in [0.25, 0.3) is 10.0 Å². The van der Waals surface area contributed by atoms with E-state index in [4.69, 9.17) is 16.7 Å². The average molecular weight is 646 g/mol. The number of phenols is 1. The summed E-state index contributed by atoms with van der Waals surface area (Å²) in [6.07, 6.45) is 2.75. The van der Waals surface area contributed by atoms with Gasteiger partial charge in [-0.3, -0.25) is 4.72 Å². The number of piperidine rings is 1. The molecule has 1 aliphatic heterocycles. The van der Waals surface area contributed by atoms with Crippen molar-refractivity contribution in [1.29, 1.82) is 0 Å². The third-order valence-corrected chi connectivity index (χ3v) is 9.94. The number of aromatic hydroxyl groups is 1. The van der Waals surface area contributed by atoms with Crippen LogP contribution in [0, 0.1) is 11.6 Å². The summed E-state index contributed by atoms with van der Waals surface area (Å²) in [6, 6.07) is 8.00. The third kappa shape index (κ3) is 5.77. The average Bonchev–Trinajstić information content (AvgIpc) is 3.35. The summed E-state index contributed by atoms with van der Waals surface area (Å²) in [7, 11) is -4.61. The fraction of sp³-hybridized carbons (Fsp3) is 0.333. The molecular weight excluding hydrogens is 616 g/mol. The van der Waals surface area contributed by atoms with Crippen LogP contribution in [0.2, 0.25) is 5.02 Å². The van der Waals surface area contributed by atoms with Crippen LogP contribution in [0.25, 0.3) is 22.0 Å². The normalized spacial score (nSPS) is 17.6. The Kier molecular flexibility index (Phi) is 8.33. The molecule has 0 spiro atoms. The van der Waals surface area contributed by atoms with Crippen molar-refractivity contribution in [2.45, 2.75) is 42.7 Å². The Balaban J connectivity index is 1.27. The van der Waals surface area contributed by atoms with Gasteiger partial charge in [-0.1, -0.05) is 17.7 Å². The van der Waals surface area contributed by atoms with Gasteiger partial charge < -0.3 is 25.5 Å². The van der Waals surface area contributed by atoms with E-state index in [1.807, 2.05) is 0 Å². The molecule has 232 valence electrons. The van der Waals surface area contributed by atoms with Crippen molar-refractivity contribution in [3.05, 3.63) is 70.4 Å². The second kappa shape index (κ2) is 12.1. The number of aromatic nitrogens is 2. The van der Waals surface area contributed by atoms with Gasteiger partial charge >= 0.3 is 0 Å². The molecule has 5 N–H and O–H groups in total. The van der Waals surface area contributed by atoms with Crippen molar-refractivity contribution >= 4 is 44.2 Å². The lowest BCUT2D eigenvalue weighted by molar-refractivity contribution is 0.168. The van der Waals surface area contributed by atoms with Crippen LogP contribution in [0.5, 0.6) is 5.75 Å². The van der Waals surface area contributed by atoms with Crippen LogP contribution in [0.4, 0.5) is 20.4 Å². The molecule has 1 atom stereocenters. The summed E-state index contributed by atoms with van der Waals surface area (Å²) in [4.78, 5) is 10.6. The molecule has 1 aromatic heterocycles. The van der Waals surface area contributed by atoms with E-state index in [9.17, 15) is 18.6 Å². The SMILES string of the molecule is O=S(=O)(Nc1ccc(F)c(-c2ccc3nc(NC4CCN(CCO)CC4)ncc3c2)c1F)c1c(O)c(Cl)cc2c1CCC2O. The molecule has 14 heteroatoms. The van der Waals surface area contributed by atoms with Gasteiger partial charge in [-0.25, -0.2) is 27.2 Å². The quantitative estimate of drug-likeness (QED) is 0.186. The second-order valence-electron chi connectivity index (χ2n) is 11.0. The van der Waals surface area contributed by atoms with Crippen LogP contribution in [0.15, 0.2) is 47.5 Å². The number of fused-ring (bicyclic) bond motifs is 2. The number of hydrogen-bond donors (Lipinski definition) is 5. The number of hydrogen-bond acceptors (Lipinski definition) is 9. The molecule has 0 amide bonds. The molecule has 4 aromatic rings. The summed E-state index contributed by atoms with van der Waals surface area (Å²) in [6.45, 7) is 2.48. The molecule has 0 radical (unpaired) electrons. The van der Waals surface area contributed by atoms with Gasteiger partial charge in [-0.15, -0.1) is 0 Å². The summed E-state index contributed by atoms with van der Waals surface area (Å²) in [5.41, 5.74) is 0.158. The number of rotatable bonds is 8. The molecular formula is C30H30ClF2N5O5S. The Hall–Kier alpha value is -3.62. The van der Waals surface area contributed by atoms with Gasteiger partial charge in [0, 0.05) is 37.3 Å². The summed E-state index contributed by atoms with van der Waals surface area (Å²) in [5.74, 6) is -2.35. The van der Waals surface area contributed by atoms with E-state index >= 15 is 8.78 Å². The number of nitrogens with one attached hydrogen (secondary N) is 2. The fourth-order valence-corrected chi connectivity index (χ4v) is 7.66. The first-order chi connectivity index (χ1) is 21.1. The van der Waals surface area contributed by atoms with Crippen molar-refractivity contribution in [3.63, 3.8) is 0 Å². The van der Waals surface area contributed by atoms with Crippen LogP contribution in [-0.4, -0.2) is 70.9 Å². The Morgan fingerprint density at radius 2 is 1.86 bits per heavy atom. The molecule has 2 heterocycles. The largest absolute Gasteiger partial charge is 0.505 e. The zero-order valence-electron chi connectivity index (χ0n) is 23.4. The molecule has 1 unspecified atom stereocenters. The maximum atomic E-state index is 15.8. The number of aliphatic hydroxyl groups excluding tert-OH is 2. The maximum absolute atomic E-state index is 15.8. The highest BCUT2D eigenvalue weighted by molar-refractivity contribution is 7.92. The van der Waals surface area contributed by atoms with Gasteiger partial charge in [-0.2, -0.15) is 0 Å². The predicted molar refractivity (Wildman–Crippen MR) is 162 cm³/mol. The van der Waals surface area contributed by atoms with Crippen molar-refractivity contribution < 1.29 is 32.5 Å². The number of benzene rings is 3. The fourth-order valence-electron chi connectivity index (χ4n) is 5.93. The van der Waals surface area contributed by atoms with Gasteiger partial charge in [0.05, 0.1) is 34.5 Å². The second-order valence-corrected chi connectivity index (χ2v) is 13.0. The summed E-state index contributed by atoms with van der Waals surface area (Å²) in [5, 5.41) is 33.5. The number of likely N-dealkylation sites (tertiary alicyclic amines) is 1. The molecule has 2 aliphatic rings. The topological polar surface area (TPSA) is 148 Å². The molecule has 1 saturated heterocycles. The highest BCUT2D eigenvalue weighted by atomic mass is 35.5. The number of β-amino-alcohol motifs (C(OH)–C–C–N with tert-alkyl or cyclic N) is 1. The number of nitrogens with zero attached hydrogens (tertiary/aromatic N) is 3. The zero-order chi connectivity index (χ0) is 31.2. The molecule has 0 bridgehead atoms. The molecule has 10 nitrogen and oxygen atoms in total. The van der Waals surface area contributed by atoms with Gasteiger partial charge in [-0.05, 0) is 72.7 Å². The molecule has 1 aliphatic carbocycles. The smallest absolute Gasteiger partial charge is 0.266 e. The van der Waals surface area contributed by atoms with Crippen molar-refractivity contribution in [3.8, 4) is 16.9 Å². The Morgan fingerprint density at radius 1 is 1.09 bits per heavy atom. The molecule has 3 aromatic carbocycles. The molecule has 44 heavy (non-hydrogen) atoms. The number of halogens is 3. The van der Waals surface area contributed by atoms with E-state index in [2.05, 4.69) is 24.9 Å². The minimum Gasteiger partial charge on any atom is -0.505 e. The first-order valence-electron chi connectivity index (χ1n) is 14.2. The van der Waals surface area contributed by atoms with Crippen molar-refractivity contribution in [2.24, 2.45) is 0 Å². The van der Waals surface area contributed by atoms with Gasteiger partial charge in [0.15, 0.2) is 11.6 Å². The minimum atomic E-state index is -4.61. The lowest BCUT2D eigenvalue weighted by Gasteiger charge is -2.31. The minimum absolute atomic E-state index is 0.127. The van der Waals surface area contributed by atoms with Gasteiger partial charge in [0.1, 0.15) is 10.7 Å². The van der Waals surface area contributed by atoms with E-state index in [0.717, 1.165) is 38.1 Å². The number of anilines is 2. The molecule has 6 rings (SSSR count). The Bertz CT molecular complexity index is 1850. The first kappa shape index (κ1) is 30.4.